The zero-order chi connectivity index (χ0) is 20.4. The van der Waals surface area contributed by atoms with E-state index in [4.69, 9.17) is 0 Å². The Morgan fingerprint density at radius 3 is 2.83 bits per heavy atom. The number of aryl methyl sites for hydroxylation is 1. The van der Waals surface area contributed by atoms with E-state index in [1.54, 1.807) is 6.07 Å². The zero-order valence-corrected chi connectivity index (χ0v) is 16.7. The Hall–Kier alpha value is -2.90. The average Bonchev–Trinajstić information content (AvgIpc) is 3.37. The van der Waals surface area contributed by atoms with Crippen molar-refractivity contribution in [2.75, 3.05) is 19.6 Å². The summed E-state index contributed by atoms with van der Waals surface area (Å²) in [5.41, 5.74) is 1.87. The van der Waals surface area contributed by atoms with E-state index in [0.29, 0.717) is 25.1 Å². The molecule has 8 nitrogen and oxygen atoms in total. The monoisotopic (exact) mass is 397 g/mol. The van der Waals surface area contributed by atoms with Crippen LogP contribution in [0.4, 0.5) is 0 Å². The summed E-state index contributed by atoms with van der Waals surface area (Å²) in [6.45, 7) is 4.01. The minimum atomic E-state index is -0.268. The van der Waals surface area contributed by atoms with Crippen LogP contribution in [0.1, 0.15) is 47.4 Å². The van der Waals surface area contributed by atoms with Gasteiger partial charge in [0, 0.05) is 49.2 Å². The number of piperidine rings is 1. The van der Waals surface area contributed by atoms with Gasteiger partial charge in [0.05, 0.1) is 12.1 Å². The lowest BCUT2D eigenvalue weighted by Gasteiger charge is -2.39. The number of nitrogens with zero attached hydrogens (tertiary/aromatic N) is 3. The van der Waals surface area contributed by atoms with Crippen molar-refractivity contribution in [1.29, 1.82) is 0 Å². The van der Waals surface area contributed by atoms with Crippen LogP contribution < -0.4 is 5.56 Å². The summed E-state index contributed by atoms with van der Waals surface area (Å²) in [4.78, 5) is 43.7. The van der Waals surface area contributed by atoms with E-state index in [9.17, 15) is 14.4 Å². The van der Waals surface area contributed by atoms with Crippen molar-refractivity contribution in [3.8, 4) is 0 Å². The number of pyridine rings is 1. The number of likely N-dealkylation sites (tertiary alicyclic amines) is 2. The van der Waals surface area contributed by atoms with Crippen LogP contribution >= 0.6 is 0 Å². The molecule has 29 heavy (non-hydrogen) atoms. The lowest BCUT2D eigenvalue weighted by molar-refractivity contribution is -0.129. The van der Waals surface area contributed by atoms with E-state index in [0.717, 1.165) is 43.6 Å². The number of rotatable bonds is 4. The van der Waals surface area contributed by atoms with Crippen LogP contribution in [0.5, 0.6) is 0 Å². The van der Waals surface area contributed by atoms with E-state index in [1.807, 2.05) is 22.8 Å². The van der Waals surface area contributed by atoms with Gasteiger partial charge in [-0.25, -0.2) is 0 Å². The molecule has 8 heteroatoms. The second kappa shape index (κ2) is 8.23. The number of hydrogen-bond acceptors (Lipinski definition) is 4. The SMILES string of the molecule is Cc1cc(CC(=O)N2CCC(C3CCCCN3C(=O)c3cc[nH]c(=O)c3)C2)n[nH]1. The molecule has 0 spiro atoms. The van der Waals surface area contributed by atoms with Gasteiger partial charge in [-0.15, -0.1) is 0 Å². The number of amides is 2. The smallest absolute Gasteiger partial charge is 0.254 e. The van der Waals surface area contributed by atoms with Crippen LogP contribution in [0.15, 0.2) is 29.2 Å². The van der Waals surface area contributed by atoms with Gasteiger partial charge < -0.3 is 14.8 Å². The number of carbonyl (C=O) groups is 2. The molecular formula is C21H27N5O3. The minimum Gasteiger partial charge on any atom is -0.342 e. The molecule has 2 unspecified atom stereocenters. The maximum atomic E-state index is 13.1. The van der Waals surface area contributed by atoms with Gasteiger partial charge in [-0.05, 0) is 50.7 Å². The van der Waals surface area contributed by atoms with E-state index < -0.39 is 0 Å². The maximum absolute atomic E-state index is 13.1. The normalized spacial score (nSPS) is 22.1. The fraction of sp³-hybridized carbons (Fsp3) is 0.524. The fourth-order valence-corrected chi connectivity index (χ4v) is 4.60. The van der Waals surface area contributed by atoms with Gasteiger partial charge in [0.25, 0.3) is 5.91 Å². The molecule has 0 saturated carbocycles. The summed E-state index contributed by atoms with van der Waals surface area (Å²) in [5, 5.41) is 7.03. The van der Waals surface area contributed by atoms with Gasteiger partial charge in [0.1, 0.15) is 0 Å². The van der Waals surface area contributed by atoms with Crippen molar-refractivity contribution in [2.45, 2.75) is 45.1 Å². The van der Waals surface area contributed by atoms with Crippen LogP contribution in [0.2, 0.25) is 0 Å². The first kappa shape index (κ1) is 19.4. The molecule has 2 aliphatic rings. The Labute approximate surface area is 169 Å². The van der Waals surface area contributed by atoms with Crippen LogP contribution in [0.25, 0.3) is 0 Å². The molecule has 4 heterocycles. The first-order valence-corrected chi connectivity index (χ1v) is 10.3. The molecular weight excluding hydrogens is 370 g/mol. The van der Waals surface area contributed by atoms with E-state index in [2.05, 4.69) is 15.2 Å². The minimum absolute atomic E-state index is 0.0854. The maximum Gasteiger partial charge on any atom is 0.254 e. The standard InChI is InChI=1S/C21H27N5O3/c1-14-10-17(24-23-14)12-20(28)25-9-6-16(13-25)18-4-2-3-8-26(18)21(29)15-5-7-22-19(27)11-15/h5,7,10-11,16,18H,2-4,6,8-9,12-13H2,1H3,(H,22,27)(H,23,24). The fourth-order valence-electron chi connectivity index (χ4n) is 4.60. The topological polar surface area (TPSA) is 102 Å². The molecule has 2 aliphatic heterocycles. The Balaban J connectivity index is 1.43. The Bertz CT molecular complexity index is 950. The molecule has 2 aromatic rings. The van der Waals surface area contributed by atoms with Gasteiger partial charge in [-0.2, -0.15) is 5.10 Å². The van der Waals surface area contributed by atoms with Crippen LogP contribution in [0, 0.1) is 12.8 Å². The van der Waals surface area contributed by atoms with E-state index in [-0.39, 0.29) is 29.3 Å². The quantitative estimate of drug-likeness (QED) is 0.816. The van der Waals surface area contributed by atoms with Crippen molar-refractivity contribution < 1.29 is 9.59 Å². The Morgan fingerprint density at radius 1 is 1.21 bits per heavy atom. The lowest BCUT2D eigenvalue weighted by Crippen LogP contribution is -2.48. The van der Waals surface area contributed by atoms with Crippen molar-refractivity contribution >= 4 is 11.8 Å². The van der Waals surface area contributed by atoms with E-state index in [1.165, 1.54) is 12.3 Å². The summed E-state index contributed by atoms with van der Waals surface area (Å²) in [6, 6.07) is 5.03. The molecule has 2 aromatic heterocycles. The first-order valence-electron chi connectivity index (χ1n) is 10.3. The molecule has 0 aliphatic carbocycles. The third-order valence-corrected chi connectivity index (χ3v) is 6.05. The largest absolute Gasteiger partial charge is 0.342 e. The number of carbonyl (C=O) groups excluding carboxylic acids is 2. The molecule has 2 saturated heterocycles. The summed E-state index contributed by atoms with van der Waals surface area (Å²) in [7, 11) is 0. The predicted octanol–water partition coefficient (Wildman–Crippen LogP) is 1.49. The number of H-pyrrole nitrogens is 2. The summed E-state index contributed by atoms with van der Waals surface area (Å²) in [5.74, 6) is 0.269. The number of aromatic amines is 2. The highest BCUT2D eigenvalue weighted by Gasteiger charge is 2.38. The zero-order valence-electron chi connectivity index (χ0n) is 16.7. The van der Waals surface area contributed by atoms with Gasteiger partial charge in [-0.1, -0.05) is 0 Å². The van der Waals surface area contributed by atoms with Crippen molar-refractivity contribution in [1.82, 2.24) is 25.0 Å². The second-order valence-electron chi connectivity index (χ2n) is 8.11. The molecule has 0 aromatic carbocycles. The lowest BCUT2D eigenvalue weighted by atomic mass is 9.89. The molecule has 154 valence electrons. The van der Waals surface area contributed by atoms with Crippen LogP contribution in [-0.4, -0.2) is 62.5 Å². The molecule has 0 bridgehead atoms. The highest BCUT2D eigenvalue weighted by atomic mass is 16.2. The number of hydrogen-bond donors (Lipinski definition) is 2. The number of aromatic nitrogens is 3. The first-order chi connectivity index (χ1) is 14.0. The predicted molar refractivity (Wildman–Crippen MR) is 107 cm³/mol. The van der Waals surface area contributed by atoms with Crippen LogP contribution in [-0.2, 0) is 11.2 Å². The molecule has 4 rings (SSSR count). The molecule has 0 radical (unpaired) electrons. The van der Waals surface area contributed by atoms with E-state index >= 15 is 0 Å². The van der Waals surface area contributed by atoms with Gasteiger partial charge >= 0.3 is 0 Å². The highest BCUT2D eigenvalue weighted by Crippen LogP contribution is 2.31. The van der Waals surface area contributed by atoms with Crippen molar-refractivity contribution in [3.63, 3.8) is 0 Å². The highest BCUT2D eigenvalue weighted by molar-refractivity contribution is 5.94. The molecule has 2 amide bonds. The van der Waals surface area contributed by atoms with Crippen LogP contribution in [0.3, 0.4) is 0 Å². The Morgan fingerprint density at radius 2 is 2.07 bits per heavy atom. The molecule has 2 atom stereocenters. The third kappa shape index (κ3) is 4.26. The summed E-state index contributed by atoms with van der Waals surface area (Å²) < 4.78 is 0. The second-order valence-corrected chi connectivity index (χ2v) is 8.11. The Kier molecular flexibility index (Phi) is 5.51. The summed E-state index contributed by atoms with van der Waals surface area (Å²) in [6.07, 6.45) is 5.72. The molecule has 2 N–H and O–H groups in total. The van der Waals surface area contributed by atoms with Crippen molar-refractivity contribution in [3.05, 3.63) is 51.7 Å². The van der Waals surface area contributed by atoms with Gasteiger partial charge in [0.2, 0.25) is 11.5 Å². The average molecular weight is 397 g/mol. The summed E-state index contributed by atoms with van der Waals surface area (Å²) >= 11 is 0. The van der Waals surface area contributed by atoms with Crippen molar-refractivity contribution in [2.24, 2.45) is 5.92 Å². The van der Waals surface area contributed by atoms with Gasteiger partial charge in [-0.3, -0.25) is 19.5 Å². The third-order valence-electron chi connectivity index (χ3n) is 6.05. The molecule has 2 fully saturated rings. The van der Waals surface area contributed by atoms with Gasteiger partial charge in [0.15, 0.2) is 0 Å². The number of nitrogens with one attached hydrogen (secondary N) is 2.